The molecule has 0 atom stereocenters. The van der Waals surface area contributed by atoms with Crippen molar-refractivity contribution in [2.24, 2.45) is 4.99 Å². The molecule has 2 aliphatic rings. The Kier molecular flexibility index (Phi) is 5.55. The van der Waals surface area contributed by atoms with Gasteiger partial charge in [-0.3, -0.25) is 9.98 Å². The van der Waals surface area contributed by atoms with Gasteiger partial charge in [-0.1, -0.05) is 12.1 Å². The van der Waals surface area contributed by atoms with Crippen LogP contribution in [0.25, 0.3) is 11.1 Å². The third-order valence-corrected chi connectivity index (χ3v) is 7.31. The summed E-state index contributed by atoms with van der Waals surface area (Å²) in [6.07, 6.45) is 6.30. The zero-order valence-electron chi connectivity index (χ0n) is 18.5. The SMILES string of the molecule is COc1ccncc1-c1ccc2c(c1)C(c1cc(N3CCN(S(C)(=O)=O)CC3)ncn1)=NC2. The second-order valence-corrected chi connectivity index (χ2v) is 10.0. The van der Waals surface area contributed by atoms with Crippen LogP contribution in [0.5, 0.6) is 5.75 Å². The number of fused-ring (bicyclic) bond motifs is 1. The zero-order chi connectivity index (χ0) is 23.0. The molecule has 2 aliphatic heterocycles. The Balaban J connectivity index is 1.43. The molecule has 2 aromatic heterocycles. The first kappa shape index (κ1) is 21.5. The number of pyridine rings is 1. The van der Waals surface area contributed by atoms with Gasteiger partial charge in [-0.15, -0.1) is 0 Å². The highest BCUT2D eigenvalue weighted by Crippen LogP contribution is 2.33. The Morgan fingerprint density at radius 2 is 1.82 bits per heavy atom. The number of hydrogen-bond acceptors (Lipinski definition) is 8. The third-order valence-electron chi connectivity index (χ3n) is 6.01. The van der Waals surface area contributed by atoms with E-state index in [2.05, 4.69) is 38.1 Å². The number of anilines is 1. The second-order valence-electron chi connectivity index (χ2n) is 8.02. The topological polar surface area (TPSA) is 101 Å². The van der Waals surface area contributed by atoms with Gasteiger partial charge in [-0.05, 0) is 23.3 Å². The van der Waals surface area contributed by atoms with Crippen molar-refractivity contribution in [1.82, 2.24) is 19.3 Å². The molecule has 4 heterocycles. The van der Waals surface area contributed by atoms with Gasteiger partial charge in [0, 0.05) is 55.8 Å². The van der Waals surface area contributed by atoms with Gasteiger partial charge in [-0.25, -0.2) is 18.4 Å². The summed E-state index contributed by atoms with van der Waals surface area (Å²) < 4.78 is 30.6. The van der Waals surface area contributed by atoms with E-state index < -0.39 is 10.0 Å². The van der Waals surface area contributed by atoms with Gasteiger partial charge in [0.2, 0.25) is 10.0 Å². The summed E-state index contributed by atoms with van der Waals surface area (Å²) >= 11 is 0. The lowest BCUT2D eigenvalue weighted by Gasteiger charge is -2.34. The van der Waals surface area contributed by atoms with Crippen molar-refractivity contribution in [3.8, 4) is 16.9 Å². The van der Waals surface area contributed by atoms with Crippen LogP contribution in [0.15, 0.2) is 54.0 Å². The predicted molar refractivity (Wildman–Crippen MR) is 126 cm³/mol. The first-order chi connectivity index (χ1) is 15.9. The first-order valence-electron chi connectivity index (χ1n) is 10.6. The van der Waals surface area contributed by atoms with E-state index in [-0.39, 0.29) is 0 Å². The molecule has 0 aliphatic carbocycles. The van der Waals surface area contributed by atoms with E-state index >= 15 is 0 Å². The highest BCUT2D eigenvalue weighted by atomic mass is 32.2. The summed E-state index contributed by atoms with van der Waals surface area (Å²) in [5.41, 5.74) is 5.66. The number of nitrogens with zero attached hydrogens (tertiary/aromatic N) is 6. The minimum Gasteiger partial charge on any atom is -0.496 e. The van der Waals surface area contributed by atoms with Crippen LogP contribution in [0.2, 0.25) is 0 Å². The summed E-state index contributed by atoms with van der Waals surface area (Å²) in [5.74, 6) is 1.54. The molecular weight excluding hydrogens is 440 g/mol. The summed E-state index contributed by atoms with van der Waals surface area (Å²) in [4.78, 5) is 20.0. The smallest absolute Gasteiger partial charge is 0.211 e. The van der Waals surface area contributed by atoms with Crippen LogP contribution in [0.4, 0.5) is 5.82 Å². The minimum absolute atomic E-state index is 0.443. The Bertz CT molecular complexity index is 1330. The first-order valence-corrected chi connectivity index (χ1v) is 12.5. The van der Waals surface area contributed by atoms with Crippen LogP contribution in [-0.2, 0) is 16.6 Å². The molecule has 170 valence electrons. The van der Waals surface area contributed by atoms with Gasteiger partial charge in [0.05, 0.1) is 31.3 Å². The number of benzene rings is 1. The molecule has 3 aromatic rings. The molecule has 1 aromatic carbocycles. The molecule has 10 heteroatoms. The number of aromatic nitrogens is 3. The lowest BCUT2D eigenvalue weighted by atomic mass is 9.97. The van der Waals surface area contributed by atoms with Crippen LogP contribution in [0.1, 0.15) is 16.8 Å². The third kappa shape index (κ3) is 4.19. The van der Waals surface area contributed by atoms with Crippen LogP contribution >= 0.6 is 0 Å². The van der Waals surface area contributed by atoms with Crippen molar-refractivity contribution in [3.05, 3.63) is 65.9 Å². The minimum atomic E-state index is -3.18. The number of rotatable bonds is 5. The molecule has 1 saturated heterocycles. The van der Waals surface area contributed by atoms with Gasteiger partial charge < -0.3 is 9.64 Å². The number of hydrogen-bond donors (Lipinski definition) is 0. The average Bonchev–Trinajstić information content (AvgIpc) is 3.27. The Hall–Kier alpha value is -3.37. The van der Waals surface area contributed by atoms with E-state index in [0.717, 1.165) is 45.2 Å². The number of aliphatic imine (C=N–C) groups is 1. The van der Waals surface area contributed by atoms with Crippen molar-refractivity contribution in [1.29, 1.82) is 0 Å². The predicted octanol–water partition coefficient (Wildman–Crippen LogP) is 1.98. The molecule has 5 rings (SSSR count). The molecule has 33 heavy (non-hydrogen) atoms. The van der Waals surface area contributed by atoms with Gasteiger partial charge in [-0.2, -0.15) is 4.31 Å². The molecule has 0 bridgehead atoms. The number of sulfonamides is 1. The van der Waals surface area contributed by atoms with Crippen molar-refractivity contribution in [2.75, 3.05) is 44.4 Å². The Labute approximate surface area is 192 Å². The summed E-state index contributed by atoms with van der Waals surface area (Å²) in [6, 6.07) is 10.0. The van der Waals surface area contributed by atoms with Crippen LogP contribution in [0.3, 0.4) is 0 Å². The maximum atomic E-state index is 11.8. The van der Waals surface area contributed by atoms with Crippen LogP contribution in [0, 0.1) is 0 Å². The largest absolute Gasteiger partial charge is 0.496 e. The molecule has 0 saturated carbocycles. The lowest BCUT2D eigenvalue weighted by Crippen LogP contribution is -2.48. The van der Waals surface area contributed by atoms with Crippen LogP contribution in [-0.4, -0.2) is 72.9 Å². The highest BCUT2D eigenvalue weighted by Gasteiger charge is 2.25. The summed E-state index contributed by atoms with van der Waals surface area (Å²) in [6.45, 7) is 2.65. The molecule has 0 spiro atoms. The fraction of sp³-hybridized carbons (Fsp3) is 0.304. The monoisotopic (exact) mass is 464 g/mol. The van der Waals surface area contributed by atoms with E-state index in [9.17, 15) is 8.42 Å². The molecule has 0 N–H and O–H groups in total. The van der Waals surface area contributed by atoms with E-state index in [1.165, 1.54) is 10.6 Å². The van der Waals surface area contributed by atoms with Crippen molar-refractivity contribution >= 4 is 21.6 Å². The number of piperazine rings is 1. The standard InChI is InChI=1S/C23H24N6O3S/c1-32-21-5-6-24-14-19(21)16-3-4-17-13-25-23(18(17)11-16)20-12-22(27-15-26-20)28-7-9-29(10-8-28)33(2,30)31/h3-6,11-12,14-15H,7-10,13H2,1-2H3. The molecule has 0 unspecified atom stereocenters. The maximum Gasteiger partial charge on any atom is 0.211 e. The van der Waals surface area contributed by atoms with E-state index in [1.807, 2.05) is 12.1 Å². The van der Waals surface area contributed by atoms with E-state index in [4.69, 9.17) is 9.73 Å². The molecule has 0 amide bonds. The van der Waals surface area contributed by atoms with Gasteiger partial charge in [0.1, 0.15) is 17.9 Å². The normalized spacial score (nSPS) is 16.4. The quantitative estimate of drug-likeness (QED) is 0.569. The lowest BCUT2D eigenvalue weighted by molar-refractivity contribution is 0.387. The average molecular weight is 465 g/mol. The van der Waals surface area contributed by atoms with Gasteiger partial charge >= 0.3 is 0 Å². The van der Waals surface area contributed by atoms with Gasteiger partial charge in [0.15, 0.2) is 0 Å². The van der Waals surface area contributed by atoms with Crippen molar-refractivity contribution in [2.45, 2.75) is 6.54 Å². The van der Waals surface area contributed by atoms with Crippen molar-refractivity contribution in [3.63, 3.8) is 0 Å². The molecule has 1 fully saturated rings. The number of methoxy groups -OCH3 is 1. The second kappa shape index (κ2) is 8.53. The Morgan fingerprint density at radius 3 is 2.58 bits per heavy atom. The molecular formula is C23H24N6O3S. The highest BCUT2D eigenvalue weighted by molar-refractivity contribution is 7.88. The number of ether oxygens (including phenoxy) is 1. The summed E-state index contributed by atoms with van der Waals surface area (Å²) in [7, 11) is -1.53. The van der Waals surface area contributed by atoms with Crippen LogP contribution < -0.4 is 9.64 Å². The van der Waals surface area contributed by atoms with E-state index in [0.29, 0.717) is 32.7 Å². The van der Waals surface area contributed by atoms with Crippen molar-refractivity contribution < 1.29 is 13.2 Å². The zero-order valence-corrected chi connectivity index (χ0v) is 19.3. The van der Waals surface area contributed by atoms with E-state index in [1.54, 1.807) is 25.8 Å². The maximum absolute atomic E-state index is 11.8. The molecule has 0 radical (unpaired) electrons. The van der Waals surface area contributed by atoms with Gasteiger partial charge in [0.25, 0.3) is 0 Å². The Morgan fingerprint density at radius 1 is 1.00 bits per heavy atom. The molecule has 9 nitrogen and oxygen atoms in total. The summed E-state index contributed by atoms with van der Waals surface area (Å²) in [5, 5.41) is 0. The fourth-order valence-corrected chi connectivity index (χ4v) is 5.07. The fourth-order valence-electron chi connectivity index (χ4n) is 4.25.